The SMILES string of the molecule is CCC(C)N(CC(=O)O)C(=O)c1cc(OC)cs1. The summed E-state index contributed by atoms with van der Waals surface area (Å²) in [6.07, 6.45) is 0.710. The maximum absolute atomic E-state index is 12.2. The van der Waals surface area contributed by atoms with Gasteiger partial charge in [-0.05, 0) is 13.3 Å². The van der Waals surface area contributed by atoms with Crippen LogP contribution in [0, 0.1) is 0 Å². The lowest BCUT2D eigenvalue weighted by Gasteiger charge is -2.26. The highest BCUT2D eigenvalue weighted by atomic mass is 32.1. The van der Waals surface area contributed by atoms with Crippen molar-refractivity contribution in [1.82, 2.24) is 4.90 Å². The number of methoxy groups -OCH3 is 1. The molecule has 100 valence electrons. The van der Waals surface area contributed by atoms with Crippen molar-refractivity contribution < 1.29 is 19.4 Å². The second kappa shape index (κ2) is 6.39. The molecule has 0 saturated carbocycles. The fourth-order valence-electron chi connectivity index (χ4n) is 1.47. The quantitative estimate of drug-likeness (QED) is 0.860. The summed E-state index contributed by atoms with van der Waals surface area (Å²) in [6, 6.07) is 1.52. The lowest BCUT2D eigenvalue weighted by atomic mass is 10.2. The highest BCUT2D eigenvalue weighted by Gasteiger charge is 2.24. The van der Waals surface area contributed by atoms with E-state index in [9.17, 15) is 9.59 Å². The summed E-state index contributed by atoms with van der Waals surface area (Å²) in [6.45, 7) is 3.47. The van der Waals surface area contributed by atoms with Crippen molar-refractivity contribution in [2.75, 3.05) is 13.7 Å². The molecule has 1 aromatic heterocycles. The average molecular weight is 271 g/mol. The molecule has 1 amide bonds. The molecule has 0 aliphatic carbocycles. The first-order valence-corrected chi connectivity index (χ1v) is 6.52. The second-order valence-electron chi connectivity index (χ2n) is 3.93. The van der Waals surface area contributed by atoms with Gasteiger partial charge in [-0.25, -0.2) is 0 Å². The summed E-state index contributed by atoms with van der Waals surface area (Å²) in [5.41, 5.74) is 0. The Kier molecular flexibility index (Phi) is 5.15. The Labute approximate surface area is 110 Å². The molecule has 18 heavy (non-hydrogen) atoms. The maximum atomic E-state index is 12.2. The third-order valence-corrected chi connectivity index (χ3v) is 3.61. The van der Waals surface area contributed by atoms with E-state index >= 15 is 0 Å². The molecule has 0 radical (unpaired) electrons. The number of carbonyl (C=O) groups is 2. The molecule has 6 heteroatoms. The molecule has 0 bridgehead atoms. The maximum Gasteiger partial charge on any atom is 0.323 e. The van der Waals surface area contributed by atoms with Gasteiger partial charge in [0.25, 0.3) is 5.91 Å². The lowest BCUT2D eigenvalue weighted by Crippen LogP contribution is -2.41. The topological polar surface area (TPSA) is 66.8 Å². The number of hydrogen-bond acceptors (Lipinski definition) is 4. The first-order chi connectivity index (χ1) is 8.49. The minimum Gasteiger partial charge on any atom is -0.496 e. The smallest absolute Gasteiger partial charge is 0.323 e. The summed E-state index contributed by atoms with van der Waals surface area (Å²) >= 11 is 1.26. The van der Waals surface area contributed by atoms with Crippen LogP contribution in [0.2, 0.25) is 0 Å². The zero-order chi connectivity index (χ0) is 13.7. The summed E-state index contributed by atoms with van der Waals surface area (Å²) in [5, 5.41) is 10.6. The number of carboxylic acid groups (broad SMARTS) is 1. The van der Waals surface area contributed by atoms with Gasteiger partial charge >= 0.3 is 5.97 Å². The molecule has 1 rings (SSSR count). The Morgan fingerprint density at radius 3 is 2.67 bits per heavy atom. The normalized spacial score (nSPS) is 11.9. The predicted molar refractivity (Wildman–Crippen MR) is 69.3 cm³/mol. The minimum atomic E-state index is -1.01. The van der Waals surface area contributed by atoms with Crippen molar-refractivity contribution in [2.24, 2.45) is 0 Å². The molecular weight excluding hydrogens is 254 g/mol. The van der Waals surface area contributed by atoms with Crippen LogP contribution in [0.15, 0.2) is 11.4 Å². The van der Waals surface area contributed by atoms with Crippen molar-refractivity contribution in [3.8, 4) is 5.75 Å². The van der Waals surface area contributed by atoms with Gasteiger partial charge in [0, 0.05) is 17.5 Å². The van der Waals surface area contributed by atoms with Gasteiger partial charge in [-0.1, -0.05) is 6.92 Å². The number of amides is 1. The number of carboxylic acids is 1. The van der Waals surface area contributed by atoms with Crippen molar-refractivity contribution in [3.05, 3.63) is 16.3 Å². The average Bonchev–Trinajstić information content (AvgIpc) is 2.82. The summed E-state index contributed by atoms with van der Waals surface area (Å²) in [7, 11) is 1.53. The molecule has 1 atom stereocenters. The van der Waals surface area contributed by atoms with E-state index in [1.165, 1.54) is 23.3 Å². The number of rotatable bonds is 6. The number of carbonyl (C=O) groups excluding carboxylic acids is 1. The second-order valence-corrected chi connectivity index (χ2v) is 4.85. The monoisotopic (exact) mass is 271 g/mol. The summed E-state index contributed by atoms with van der Waals surface area (Å²) in [5.74, 6) is -0.657. The standard InChI is InChI=1S/C12H17NO4S/c1-4-8(2)13(6-11(14)15)12(16)10-5-9(17-3)7-18-10/h5,7-8H,4,6H2,1-3H3,(H,14,15). The molecule has 0 aliphatic heterocycles. The molecule has 0 aromatic carbocycles. The molecule has 1 heterocycles. The van der Waals surface area contributed by atoms with Gasteiger partial charge in [0.1, 0.15) is 12.3 Å². The first kappa shape index (κ1) is 14.5. The van der Waals surface area contributed by atoms with E-state index in [4.69, 9.17) is 9.84 Å². The Hall–Kier alpha value is -1.56. The van der Waals surface area contributed by atoms with E-state index in [0.717, 1.165) is 0 Å². The van der Waals surface area contributed by atoms with Crippen LogP contribution in [0.5, 0.6) is 5.75 Å². The van der Waals surface area contributed by atoms with E-state index in [1.807, 2.05) is 13.8 Å². The van der Waals surface area contributed by atoms with Gasteiger partial charge < -0.3 is 14.7 Å². The molecule has 1 N–H and O–H groups in total. The van der Waals surface area contributed by atoms with Crippen LogP contribution in [0.1, 0.15) is 29.9 Å². The van der Waals surface area contributed by atoms with Crippen LogP contribution in [0.4, 0.5) is 0 Å². The zero-order valence-electron chi connectivity index (χ0n) is 10.7. The number of hydrogen-bond donors (Lipinski definition) is 1. The van der Waals surface area contributed by atoms with E-state index in [1.54, 1.807) is 11.4 Å². The van der Waals surface area contributed by atoms with Crippen LogP contribution in [0.3, 0.4) is 0 Å². The predicted octanol–water partition coefficient (Wildman–Crippen LogP) is 2.08. The van der Waals surface area contributed by atoms with Crippen LogP contribution < -0.4 is 4.74 Å². The summed E-state index contributed by atoms with van der Waals surface area (Å²) < 4.78 is 5.02. The number of ether oxygens (including phenoxy) is 1. The van der Waals surface area contributed by atoms with Gasteiger partial charge in [-0.3, -0.25) is 9.59 Å². The molecule has 0 fully saturated rings. The third-order valence-electron chi connectivity index (χ3n) is 2.71. The van der Waals surface area contributed by atoms with Crippen LogP contribution >= 0.6 is 11.3 Å². The Balaban J connectivity index is 2.90. The van der Waals surface area contributed by atoms with Crippen LogP contribution in [-0.4, -0.2) is 41.6 Å². The van der Waals surface area contributed by atoms with Gasteiger partial charge in [0.15, 0.2) is 0 Å². The van der Waals surface area contributed by atoms with Crippen molar-refractivity contribution in [1.29, 1.82) is 0 Å². The van der Waals surface area contributed by atoms with Crippen molar-refractivity contribution in [3.63, 3.8) is 0 Å². The lowest BCUT2D eigenvalue weighted by molar-refractivity contribution is -0.138. The van der Waals surface area contributed by atoms with E-state index < -0.39 is 5.97 Å². The van der Waals surface area contributed by atoms with Crippen molar-refractivity contribution >= 4 is 23.2 Å². The van der Waals surface area contributed by atoms with Crippen molar-refractivity contribution in [2.45, 2.75) is 26.3 Å². The molecule has 1 aromatic rings. The highest BCUT2D eigenvalue weighted by Crippen LogP contribution is 2.23. The van der Waals surface area contributed by atoms with E-state index in [-0.39, 0.29) is 18.5 Å². The first-order valence-electron chi connectivity index (χ1n) is 5.64. The highest BCUT2D eigenvalue weighted by molar-refractivity contribution is 7.12. The zero-order valence-corrected chi connectivity index (χ0v) is 11.5. The Morgan fingerprint density at radius 2 is 2.22 bits per heavy atom. The third kappa shape index (κ3) is 3.46. The number of thiophene rings is 1. The number of aliphatic carboxylic acids is 1. The van der Waals surface area contributed by atoms with Crippen LogP contribution in [-0.2, 0) is 4.79 Å². The van der Waals surface area contributed by atoms with Gasteiger partial charge in [0.2, 0.25) is 0 Å². The molecule has 5 nitrogen and oxygen atoms in total. The fourth-order valence-corrected chi connectivity index (χ4v) is 2.28. The molecular formula is C12H17NO4S. The number of nitrogens with zero attached hydrogens (tertiary/aromatic N) is 1. The molecule has 0 aliphatic rings. The van der Waals surface area contributed by atoms with Crippen LogP contribution in [0.25, 0.3) is 0 Å². The molecule has 1 unspecified atom stereocenters. The van der Waals surface area contributed by atoms with E-state index in [0.29, 0.717) is 17.0 Å². The van der Waals surface area contributed by atoms with E-state index in [2.05, 4.69) is 0 Å². The minimum absolute atomic E-state index is 0.110. The Bertz CT molecular complexity index is 429. The van der Waals surface area contributed by atoms with Gasteiger partial charge in [0.05, 0.1) is 12.0 Å². The largest absolute Gasteiger partial charge is 0.496 e. The summed E-state index contributed by atoms with van der Waals surface area (Å²) in [4.78, 5) is 24.9. The molecule has 0 spiro atoms. The van der Waals surface area contributed by atoms with Gasteiger partial charge in [-0.2, -0.15) is 0 Å². The molecule has 0 saturated heterocycles. The van der Waals surface area contributed by atoms with Gasteiger partial charge in [-0.15, -0.1) is 11.3 Å². The fraction of sp³-hybridized carbons (Fsp3) is 0.500. The Morgan fingerprint density at radius 1 is 1.56 bits per heavy atom.